The summed E-state index contributed by atoms with van der Waals surface area (Å²) in [6.45, 7) is -0.395. The van der Waals surface area contributed by atoms with E-state index < -0.39 is 17.4 Å². The molecule has 0 atom stereocenters. The minimum absolute atomic E-state index is 0.0363. The van der Waals surface area contributed by atoms with Crippen LogP contribution >= 0.6 is 0 Å². The Morgan fingerprint density at radius 1 is 1.21 bits per heavy atom. The number of ether oxygens (including phenoxy) is 1. The number of hydrogen-bond donors (Lipinski definition) is 3. The number of aliphatic carboxylic acids is 1. The van der Waals surface area contributed by atoms with Crippen LogP contribution in [0.3, 0.4) is 0 Å². The molecule has 0 spiro atoms. The van der Waals surface area contributed by atoms with Gasteiger partial charge in [0.1, 0.15) is 23.8 Å². The minimum Gasteiger partial charge on any atom is -0.496 e. The largest absolute Gasteiger partial charge is 0.496 e. The highest BCUT2D eigenvalue weighted by molar-refractivity contribution is 5.74. The molecule has 0 aliphatic carbocycles. The fourth-order valence-electron chi connectivity index (χ4n) is 2.42. The molecule has 2 heterocycles. The fourth-order valence-corrected chi connectivity index (χ4v) is 2.42. The number of nitrogens with zero attached hydrogens (tertiary/aromatic N) is 4. The predicted octanol–water partition coefficient (Wildman–Crippen LogP) is 2.70. The number of hydrogen-bond acceptors (Lipinski definition) is 9. The van der Waals surface area contributed by atoms with Gasteiger partial charge in [0.25, 0.3) is 5.69 Å². The van der Waals surface area contributed by atoms with Gasteiger partial charge in [-0.05, 0) is 24.3 Å². The summed E-state index contributed by atoms with van der Waals surface area (Å²) in [5.74, 6) is -0.490. The maximum absolute atomic E-state index is 11.4. The van der Waals surface area contributed by atoms with E-state index in [-0.39, 0.29) is 23.1 Å². The average molecular weight is 396 g/mol. The van der Waals surface area contributed by atoms with Gasteiger partial charge in [-0.15, -0.1) is 0 Å². The van der Waals surface area contributed by atoms with E-state index in [9.17, 15) is 14.9 Å². The van der Waals surface area contributed by atoms with Crippen LogP contribution in [0.15, 0.2) is 48.7 Å². The number of nitro groups is 1. The Kier molecular flexibility index (Phi) is 5.78. The van der Waals surface area contributed by atoms with E-state index in [0.29, 0.717) is 17.1 Å². The summed E-state index contributed by atoms with van der Waals surface area (Å²) in [5, 5.41) is 25.8. The van der Waals surface area contributed by atoms with E-state index in [4.69, 9.17) is 9.84 Å². The monoisotopic (exact) mass is 396 g/mol. The van der Waals surface area contributed by atoms with Crippen molar-refractivity contribution < 1.29 is 19.6 Å². The van der Waals surface area contributed by atoms with Gasteiger partial charge in [-0.2, -0.15) is 4.98 Å². The van der Waals surface area contributed by atoms with Gasteiger partial charge >= 0.3 is 5.97 Å². The van der Waals surface area contributed by atoms with E-state index in [1.807, 2.05) is 0 Å². The van der Waals surface area contributed by atoms with Crippen LogP contribution in [0.5, 0.6) is 5.75 Å². The normalized spacial score (nSPS) is 10.2. The molecular formula is C18H16N6O5. The fraction of sp³-hybridized carbons (Fsp3) is 0.111. The topological polar surface area (TPSA) is 152 Å². The molecule has 0 bridgehead atoms. The Morgan fingerprint density at radius 2 is 2.03 bits per heavy atom. The number of carboxylic acid groups (broad SMARTS) is 1. The van der Waals surface area contributed by atoms with Crippen LogP contribution < -0.4 is 15.4 Å². The summed E-state index contributed by atoms with van der Waals surface area (Å²) in [6, 6.07) is 11.1. The molecule has 0 aliphatic rings. The Morgan fingerprint density at radius 3 is 2.69 bits per heavy atom. The van der Waals surface area contributed by atoms with Gasteiger partial charge in [0.2, 0.25) is 5.95 Å². The number of rotatable bonds is 8. The zero-order chi connectivity index (χ0) is 20.8. The van der Waals surface area contributed by atoms with Crippen LogP contribution in [0.25, 0.3) is 11.4 Å². The lowest BCUT2D eigenvalue weighted by molar-refractivity contribution is -0.384. The van der Waals surface area contributed by atoms with Crippen LogP contribution in [-0.2, 0) is 4.79 Å². The molecular weight excluding hydrogens is 380 g/mol. The van der Waals surface area contributed by atoms with Gasteiger partial charge in [0, 0.05) is 12.3 Å². The third-order valence-electron chi connectivity index (χ3n) is 3.72. The molecule has 11 heteroatoms. The summed E-state index contributed by atoms with van der Waals surface area (Å²) in [4.78, 5) is 34.4. The average Bonchev–Trinajstić information content (AvgIpc) is 2.73. The first kappa shape index (κ1) is 19.5. The Balaban J connectivity index is 2.01. The van der Waals surface area contributed by atoms with Crippen molar-refractivity contribution in [2.24, 2.45) is 0 Å². The molecule has 0 aliphatic heterocycles. The molecule has 0 saturated heterocycles. The lowest BCUT2D eigenvalue weighted by Gasteiger charge is -2.11. The van der Waals surface area contributed by atoms with E-state index in [2.05, 4.69) is 25.6 Å². The minimum atomic E-state index is -1.09. The number of carboxylic acids is 1. The van der Waals surface area contributed by atoms with Crippen molar-refractivity contribution in [1.82, 2.24) is 15.0 Å². The lowest BCUT2D eigenvalue weighted by Crippen LogP contribution is -2.15. The highest BCUT2D eigenvalue weighted by Gasteiger charge is 2.17. The number of methoxy groups -OCH3 is 1. The number of pyridine rings is 1. The number of benzene rings is 1. The van der Waals surface area contributed by atoms with E-state index >= 15 is 0 Å². The standard InChI is InChI=1S/C18H16N6O5/c1-29-11-5-6-13(15(8-11)24(27)28)21-16-9-14(12-4-2-3-7-19-12)22-18(23-16)20-10-17(25)26/h2-9H,10H2,1H3,(H,25,26)(H2,20,21,22,23). The van der Waals surface area contributed by atoms with Crippen LogP contribution in [0.2, 0.25) is 0 Å². The number of carbonyl (C=O) groups is 1. The maximum atomic E-state index is 11.4. The molecule has 0 radical (unpaired) electrons. The van der Waals surface area contributed by atoms with Crippen molar-refractivity contribution in [3.05, 3.63) is 58.8 Å². The van der Waals surface area contributed by atoms with Gasteiger partial charge in [0.05, 0.1) is 29.5 Å². The maximum Gasteiger partial charge on any atom is 0.322 e. The van der Waals surface area contributed by atoms with E-state index in [1.54, 1.807) is 36.5 Å². The molecule has 3 aromatic rings. The Labute approximate surface area is 164 Å². The second-order valence-corrected chi connectivity index (χ2v) is 5.69. The first-order valence-electron chi connectivity index (χ1n) is 8.32. The van der Waals surface area contributed by atoms with Crippen LogP contribution in [0.1, 0.15) is 0 Å². The van der Waals surface area contributed by atoms with Crippen molar-refractivity contribution in [3.63, 3.8) is 0 Å². The third kappa shape index (κ3) is 4.91. The van der Waals surface area contributed by atoms with Crippen LogP contribution in [0, 0.1) is 10.1 Å². The van der Waals surface area contributed by atoms with Gasteiger partial charge in [-0.3, -0.25) is 19.9 Å². The molecule has 0 saturated carbocycles. The van der Waals surface area contributed by atoms with Crippen molar-refractivity contribution in [2.75, 3.05) is 24.3 Å². The summed E-state index contributed by atoms with van der Waals surface area (Å²) >= 11 is 0. The first-order chi connectivity index (χ1) is 14.0. The second-order valence-electron chi connectivity index (χ2n) is 5.69. The molecule has 3 rings (SSSR count). The van der Waals surface area contributed by atoms with Gasteiger partial charge in [0.15, 0.2) is 0 Å². The summed E-state index contributed by atoms with van der Waals surface area (Å²) in [6.07, 6.45) is 1.59. The predicted molar refractivity (Wildman–Crippen MR) is 104 cm³/mol. The molecule has 11 nitrogen and oxygen atoms in total. The van der Waals surface area contributed by atoms with Gasteiger partial charge < -0.3 is 20.5 Å². The third-order valence-corrected chi connectivity index (χ3v) is 3.72. The SMILES string of the molecule is COc1ccc(Nc2cc(-c3ccccn3)nc(NCC(=O)O)n2)c([N+](=O)[O-])c1. The highest BCUT2D eigenvalue weighted by atomic mass is 16.6. The van der Waals surface area contributed by atoms with Crippen molar-refractivity contribution >= 4 is 29.1 Å². The number of aromatic nitrogens is 3. The molecule has 2 aromatic heterocycles. The number of anilines is 3. The van der Waals surface area contributed by atoms with Crippen molar-refractivity contribution in [1.29, 1.82) is 0 Å². The Bertz CT molecular complexity index is 1040. The molecule has 0 amide bonds. The summed E-state index contributed by atoms with van der Waals surface area (Å²) in [5.41, 5.74) is 0.917. The molecule has 29 heavy (non-hydrogen) atoms. The highest BCUT2D eigenvalue weighted by Crippen LogP contribution is 2.32. The smallest absolute Gasteiger partial charge is 0.322 e. The zero-order valence-corrected chi connectivity index (χ0v) is 15.2. The van der Waals surface area contributed by atoms with Crippen LogP contribution in [0.4, 0.5) is 23.1 Å². The summed E-state index contributed by atoms with van der Waals surface area (Å²) in [7, 11) is 1.41. The van der Waals surface area contributed by atoms with Crippen molar-refractivity contribution in [2.45, 2.75) is 0 Å². The number of nitro benzene ring substituents is 1. The zero-order valence-electron chi connectivity index (χ0n) is 15.2. The molecule has 0 fully saturated rings. The van der Waals surface area contributed by atoms with Crippen LogP contribution in [-0.4, -0.2) is 44.6 Å². The second kappa shape index (κ2) is 8.61. The molecule has 1 aromatic carbocycles. The number of nitrogens with one attached hydrogen (secondary N) is 2. The van der Waals surface area contributed by atoms with Gasteiger partial charge in [-0.25, -0.2) is 4.98 Å². The molecule has 3 N–H and O–H groups in total. The molecule has 148 valence electrons. The lowest BCUT2D eigenvalue weighted by atomic mass is 10.2. The molecule has 0 unspecified atom stereocenters. The first-order valence-corrected chi connectivity index (χ1v) is 8.32. The Hall–Kier alpha value is -4.28. The van der Waals surface area contributed by atoms with E-state index in [1.165, 1.54) is 19.2 Å². The van der Waals surface area contributed by atoms with Gasteiger partial charge in [-0.1, -0.05) is 6.07 Å². The van der Waals surface area contributed by atoms with E-state index in [0.717, 1.165) is 0 Å². The van der Waals surface area contributed by atoms with Crippen molar-refractivity contribution in [3.8, 4) is 17.1 Å². The summed E-state index contributed by atoms with van der Waals surface area (Å²) < 4.78 is 5.03. The quantitative estimate of drug-likeness (QED) is 0.382.